The van der Waals surface area contributed by atoms with Gasteiger partial charge in [-0.15, -0.1) is 11.3 Å². The van der Waals surface area contributed by atoms with Crippen molar-refractivity contribution in [3.8, 4) is 0 Å². The molecule has 0 unspecified atom stereocenters. The highest BCUT2D eigenvalue weighted by atomic mass is 35.5. The van der Waals surface area contributed by atoms with Crippen molar-refractivity contribution in [3.05, 3.63) is 87.8 Å². The third-order valence-corrected chi connectivity index (χ3v) is 6.26. The quantitative estimate of drug-likeness (QED) is 0.336. The van der Waals surface area contributed by atoms with Gasteiger partial charge >= 0.3 is 0 Å². The number of rotatable bonds is 4. The summed E-state index contributed by atoms with van der Waals surface area (Å²) in [6.07, 6.45) is 0. The Hall–Kier alpha value is -3.02. The number of nitrogens with one attached hydrogen (secondary N) is 1. The third-order valence-electron chi connectivity index (χ3n) is 4.59. The van der Waals surface area contributed by atoms with Crippen LogP contribution in [0.1, 0.15) is 20.8 Å². The molecule has 0 spiro atoms. The molecule has 0 fully saturated rings. The number of fused-ring (bicyclic) bond motifs is 1. The van der Waals surface area contributed by atoms with Crippen LogP contribution in [0.5, 0.6) is 0 Å². The molecule has 4 aromatic rings. The van der Waals surface area contributed by atoms with Crippen LogP contribution >= 0.6 is 22.9 Å². The largest absolute Gasteiger partial charge is 0.321 e. The minimum atomic E-state index is -0.214. The van der Waals surface area contributed by atoms with Crippen LogP contribution in [0.3, 0.4) is 0 Å². The van der Waals surface area contributed by atoms with Crippen LogP contribution in [0.2, 0.25) is 5.02 Å². The lowest BCUT2D eigenvalue weighted by Gasteiger charge is -2.08. The smallest absolute Gasteiger partial charge is 0.267 e. The number of hydrogen-bond acceptors (Lipinski definition) is 4. The first-order valence-corrected chi connectivity index (χ1v) is 10.3. The average Bonchev–Trinajstić information content (AvgIpc) is 3.06. The maximum Gasteiger partial charge on any atom is 0.267 e. The first-order valence-electron chi connectivity index (χ1n) is 9.09. The van der Waals surface area contributed by atoms with Gasteiger partial charge in [0.15, 0.2) is 0 Å². The van der Waals surface area contributed by atoms with Crippen LogP contribution in [0, 0.1) is 13.8 Å². The van der Waals surface area contributed by atoms with Crippen LogP contribution in [-0.2, 0) is 0 Å². The van der Waals surface area contributed by atoms with Gasteiger partial charge in [-0.1, -0.05) is 48.0 Å². The molecule has 0 aliphatic heterocycles. The fourth-order valence-corrected chi connectivity index (χ4v) is 4.39. The van der Waals surface area contributed by atoms with Gasteiger partial charge in [-0.05, 0) is 55.3 Å². The highest BCUT2D eigenvalue weighted by Gasteiger charge is 2.17. The van der Waals surface area contributed by atoms with E-state index < -0.39 is 0 Å². The van der Waals surface area contributed by atoms with Crippen molar-refractivity contribution in [3.63, 3.8) is 0 Å². The fourth-order valence-electron chi connectivity index (χ4n) is 2.98. The second kappa shape index (κ2) is 8.15. The number of carbonyl (C=O) groups is 1. The Labute approximate surface area is 177 Å². The van der Waals surface area contributed by atoms with Crippen LogP contribution < -0.4 is 5.32 Å². The van der Waals surface area contributed by atoms with E-state index in [1.807, 2.05) is 80.6 Å². The number of anilines is 1. The predicted molar refractivity (Wildman–Crippen MR) is 121 cm³/mol. The molecule has 4 rings (SSSR count). The van der Waals surface area contributed by atoms with Gasteiger partial charge in [-0.3, -0.25) is 4.79 Å². The molecule has 0 bridgehead atoms. The van der Waals surface area contributed by atoms with Crippen molar-refractivity contribution in [2.24, 2.45) is 10.2 Å². The summed E-state index contributed by atoms with van der Waals surface area (Å²) in [5.74, 6) is -0.214. The minimum absolute atomic E-state index is 0.214. The van der Waals surface area contributed by atoms with Gasteiger partial charge in [0.1, 0.15) is 4.88 Å². The van der Waals surface area contributed by atoms with Crippen molar-refractivity contribution in [2.45, 2.75) is 13.8 Å². The molecule has 1 amide bonds. The minimum Gasteiger partial charge on any atom is -0.321 e. The van der Waals surface area contributed by atoms with Crippen LogP contribution in [0.15, 0.2) is 77.0 Å². The van der Waals surface area contributed by atoms with E-state index in [4.69, 9.17) is 11.6 Å². The van der Waals surface area contributed by atoms with E-state index in [1.54, 1.807) is 0 Å². The van der Waals surface area contributed by atoms with Gasteiger partial charge in [-0.25, -0.2) is 0 Å². The van der Waals surface area contributed by atoms with Gasteiger partial charge < -0.3 is 5.32 Å². The number of hydrogen-bond donors (Lipinski definition) is 1. The van der Waals surface area contributed by atoms with Gasteiger partial charge in [0.2, 0.25) is 0 Å². The van der Waals surface area contributed by atoms with Crippen molar-refractivity contribution in [2.75, 3.05) is 5.32 Å². The summed E-state index contributed by atoms with van der Waals surface area (Å²) in [7, 11) is 0. The number of thiophene rings is 1. The Morgan fingerprint density at radius 2 is 1.69 bits per heavy atom. The predicted octanol–water partition coefficient (Wildman–Crippen LogP) is 7.84. The number of amides is 1. The Morgan fingerprint density at radius 1 is 0.931 bits per heavy atom. The zero-order valence-corrected chi connectivity index (χ0v) is 17.5. The van der Waals surface area contributed by atoms with E-state index in [1.165, 1.54) is 11.3 Å². The molecule has 0 saturated carbocycles. The van der Waals surface area contributed by atoms with Crippen molar-refractivity contribution in [1.82, 2.24) is 0 Å². The number of carbonyl (C=O) groups excluding carboxylic acids is 1. The summed E-state index contributed by atoms with van der Waals surface area (Å²) >= 11 is 7.81. The fraction of sp³-hybridized carbons (Fsp3) is 0.0870. The van der Waals surface area contributed by atoms with Gasteiger partial charge in [0.25, 0.3) is 5.91 Å². The SMILES string of the molecule is Cc1ccccc1N=Nc1ccc(NC(=O)c2sc3ccccc3c2Cl)c(C)c1. The van der Waals surface area contributed by atoms with E-state index in [9.17, 15) is 4.79 Å². The van der Waals surface area contributed by atoms with Crippen LogP contribution in [-0.4, -0.2) is 5.91 Å². The van der Waals surface area contributed by atoms with E-state index in [2.05, 4.69) is 15.5 Å². The number of aryl methyl sites for hydroxylation is 2. The van der Waals surface area contributed by atoms with Crippen molar-refractivity contribution in [1.29, 1.82) is 0 Å². The highest BCUT2D eigenvalue weighted by molar-refractivity contribution is 7.21. The molecule has 144 valence electrons. The summed E-state index contributed by atoms with van der Waals surface area (Å²) in [5.41, 5.74) is 4.25. The molecule has 0 radical (unpaired) electrons. The lowest BCUT2D eigenvalue weighted by atomic mass is 10.1. The molecule has 0 aliphatic carbocycles. The molecule has 0 aliphatic rings. The number of benzene rings is 3. The highest BCUT2D eigenvalue weighted by Crippen LogP contribution is 2.36. The summed E-state index contributed by atoms with van der Waals surface area (Å²) in [6.45, 7) is 3.92. The summed E-state index contributed by atoms with van der Waals surface area (Å²) in [6, 6.07) is 21.1. The molecule has 0 saturated heterocycles. The monoisotopic (exact) mass is 419 g/mol. The summed E-state index contributed by atoms with van der Waals surface area (Å²) in [4.78, 5) is 13.3. The first-order chi connectivity index (χ1) is 14.0. The molecule has 29 heavy (non-hydrogen) atoms. The van der Waals surface area contributed by atoms with E-state index >= 15 is 0 Å². The number of azo groups is 1. The Bertz CT molecular complexity index is 1250. The summed E-state index contributed by atoms with van der Waals surface area (Å²) < 4.78 is 0.992. The van der Waals surface area contributed by atoms with Gasteiger partial charge in [0, 0.05) is 15.8 Å². The second-order valence-corrected chi connectivity index (χ2v) is 8.11. The number of nitrogens with zero attached hydrogens (tertiary/aromatic N) is 2. The maximum atomic E-state index is 12.8. The van der Waals surface area contributed by atoms with Gasteiger partial charge in [0.05, 0.1) is 16.4 Å². The third kappa shape index (κ3) is 4.06. The molecule has 1 aromatic heterocycles. The molecule has 6 heteroatoms. The topological polar surface area (TPSA) is 53.8 Å². The van der Waals surface area contributed by atoms with Crippen LogP contribution in [0.25, 0.3) is 10.1 Å². The number of halogens is 1. The Morgan fingerprint density at radius 3 is 2.45 bits per heavy atom. The van der Waals surface area contributed by atoms with Crippen molar-refractivity contribution >= 4 is 56.0 Å². The first kappa shape index (κ1) is 19.3. The van der Waals surface area contributed by atoms with E-state index in [-0.39, 0.29) is 5.91 Å². The maximum absolute atomic E-state index is 12.8. The average molecular weight is 420 g/mol. The van der Waals surface area contributed by atoms with Gasteiger partial charge in [-0.2, -0.15) is 10.2 Å². The Balaban J connectivity index is 1.54. The molecular formula is C23H18ClN3OS. The molecule has 3 aromatic carbocycles. The zero-order chi connectivity index (χ0) is 20.4. The standard InChI is InChI=1S/C23H18ClN3OS/c1-14-7-3-5-9-19(14)27-26-16-11-12-18(15(2)13-16)25-23(28)22-21(24)17-8-4-6-10-20(17)29-22/h3-13H,1-2H3,(H,25,28). The molecule has 1 N–H and O–H groups in total. The summed E-state index contributed by atoms with van der Waals surface area (Å²) in [5, 5.41) is 13.0. The molecule has 4 nitrogen and oxygen atoms in total. The Kier molecular flexibility index (Phi) is 5.43. The molecular weight excluding hydrogens is 402 g/mol. The molecule has 0 atom stereocenters. The van der Waals surface area contributed by atoms with E-state index in [0.717, 1.165) is 38.3 Å². The lowest BCUT2D eigenvalue weighted by Crippen LogP contribution is -2.11. The lowest BCUT2D eigenvalue weighted by molar-refractivity contribution is 0.103. The van der Waals surface area contributed by atoms with Crippen molar-refractivity contribution < 1.29 is 4.79 Å². The van der Waals surface area contributed by atoms with E-state index in [0.29, 0.717) is 9.90 Å². The van der Waals surface area contributed by atoms with Crippen LogP contribution in [0.4, 0.5) is 17.1 Å². The zero-order valence-electron chi connectivity index (χ0n) is 15.9. The second-order valence-electron chi connectivity index (χ2n) is 6.68. The normalized spacial score (nSPS) is 11.3. The molecule has 1 heterocycles.